The molecule has 56 valence electrons. The summed E-state index contributed by atoms with van der Waals surface area (Å²) in [7, 11) is 0. The predicted molar refractivity (Wildman–Crippen MR) is 42.7 cm³/mol. The predicted octanol–water partition coefficient (Wildman–Crippen LogP) is 0.264. The summed E-state index contributed by atoms with van der Waals surface area (Å²) in [6.07, 6.45) is 3.01. The Morgan fingerprint density at radius 1 is 1.70 bits per heavy atom. The Bertz CT molecular complexity index is 147. The second kappa shape index (κ2) is 3.57. The Kier molecular flexibility index (Phi) is 2.69. The summed E-state index contributed by atoms with van der Waals surface area (Å²) in [4.78, 5) is 0. The molecular formula is C8H14N2. The van der Waals surface area contributed by atoms with Crippen LogP contribution in [-0.2, 0) is 0 Å². The number of piperidine rings is 1. The molecule has 0 aliphatic carbocycles. The van der Waals surface area contributed by atoms with E-state index in [1.54, 1.807) is 0 Å². The summed E-state index contributed by atoms with van der Waals surface area (Å²) >= 11 is 0. The lowest BCUT2D eigenvalue weighted by atomic mass is 9.94. The summed E-state index contributed by atoms with van der Waals surface area (Å²) < 4.78 is 0. The van der Waals surface area contributed by atoms with Gasteiger partial charge in [0, 0.05) is 18.5 Å². The van der Waals surface area contributed by atoms with Crippen molar-refractivity contribution in [2.45, 2.75) is 12.5 Å². The van der Waals surface area contributed by atoms with Gasteiger partial charge in [0.1, 0.15) is 0 Å². The molecule has 2 heteroatoms. The minimum absolute atomic E-state index is 0.301. The van der Waals surface area contributed by atoms with Crippen LogP contribution in [0.4, 0.5) is 0 Å². The summed E-state index contributed by atoms with van der Waals surface area (Å²) in [6.45, 7) is 5.55. The molecule has 0 radical (unpaired) electrons. The molecule has 1 fully saturated rings. The molecule has 0 aromatic carbocycles. The number of hydrogen-bond donors (Lipinski definition) is 2. The standard InChI is InChI=1S/C8H14N2/c1-2-3-7-6-10-5-4-8(7)9/h3,7-8,10H,1,4-6,9H2. The highest BCUT2D eigenvalue weighted by atomic mass is 14.9. The molecule has 0 spiro atoms. The van der Waals surface area contributed by atoms with Crippen LogP contribution in [0.3, 0.4) is 0 Å². The highest BCUT2D eigenvalue weighted by Crippen LogP contribution is 2.09. The smallest absolute Gasteiger partial charge is 0.0132 e. The molecule has 3 N–H and O–H groups in total. The van der Waals surface area contributed by atoms with Gasteiger partial charge >= 0.3 is 0 Å². The molecule has 1 saturated heterocycles. The van der Waals surface area contributed by atoms with Crippen LogP contribution in [0.2, 0.25) is 0 Å². The van der Waals surface area contributed by atoms with Crippen LogP contribution in [0.1, 0.15) is 6.42 Å². The van der Waals surface area contributed by atoms with E-state index in [4.69, 9.17) is 5.73 Å². The molecule has 1 heterocycles. The van der Waals surface area contributed by atoms with E-state index in [0.29, 0.717) is 12.0 Å². The topological polar surface area (TPSA) is 38.0 Å². The first-order valence-electron chi connectivity index (χ1n) is 3.67. The average Bonchev–Trinajstić information content (AvgIpc) is 1.94. The van der Waals surface area contributed by atoms with Crippen molar-refractivity contribution in [3.63, 3.8) is 0 Å². The SMILES string of the molecule is C=C=CC1CNCCC1N. The lowest BCUT2D eigenvalue weighted by Gasteiger charge is -2.25. The molecule has 2 atom stereocenters. The first-order chi connectivity index (χ1) is 4.84. The number of rotatable bonds is 1. The molecule has 10 heavy (non-hydrogen) atoms. The average molecular weight is 138 g/mol. The van der Waals surface area contributed by atoms with Gasteiger partial charge in [-0.15, -0.1) is 5.73 Å². The van der Waals surface area contributed by atoms with E-state index in [1.165, 1.54) is 0 Å². The second-order valence-corrected chi connectivity index (χ2v) is 2.69. The van der Waals surface area contributed by atoms with Crippen LogP contribution in [0, 0.1) is 5.92 Å². The minimum Gasteiger partial charge on any atom is -0.327 e. The van der Waals surface area contributed by atoms with Gasteiger partial charge in [-0.1, -0.05) is 6.58 Å². The lowest BCUT2D eigenvalue weighted by Crippen LogP contribution is -2.43. The highest BCUT2D eigenvalue weighted by Gasteiger charge is 2.17. The third-order valence-corrected chi connectivity index (χ3v) is 1.92. The van der Waals surface area contributed by atoms with Crippen LogP contribution in [-0.4, -0.2) is 19.1 Å². The maximum atomic E-state index is 5.83. The fraction of sp³-hybridized carbons (Fsp3) is 0.625. The first-order valence-corrected chi connectivity index (χ1v) is 3.67. The first kappa shape index (κ1) is 7.55. The summed E-state index contributed by atoms with van der Waals surface area (Å²) in [6, 6.07) is 0.301. The van der Waals surface area contributed by atoms with Gasteiger partial charge in [0.05, 0.1) is 0 Å². The fourth-order valence-electron chi connectivity index (χ4n) is 1.24. The normalized spacial score (nSPS) is 32.9. The van der Waals surface area contributed by atoms with Gasteiger partial charge in [-0.2, -0.15) is 0 Å². The van der Waals surface area contributed by atoms with Crippen molar-refractivity contribution in [2.75, 3.05) is 13.1 Å². The second-order valence-electron chi connectivity index (χ2n) is 2.69. The van der Waals surface area contributed by atoms with Crippen LogP contribution < -0.4 is 11.1 Å². The Morgan fingerprint density at radius 3 is 3.10 bits per heavy atom. The zero-order valence-electron chi connectivity index (χ0n) is 6.14. The molecule has 2 unspecified atom stereocenters. The van der Waals surface area contributed by atoms with Gasteiger partial charge < -0.3 is 11.1 Å². The summed E-state index contributed by atoms with van der Waals surface area (Å²) in [5, 5.41) is 3.27. The largest absolute Gasteiger partial charge is 0.327 e. The van der Waals surface area contributed by atoms with Crippen LogP contribution in [0.15, 0.2) is 18.4 Å². The van der Waals surface area contributed by atoms with Crippen molar-refractivity contribution < 1.29 is 0 Å². The van der Waals surface area contributed by atoms with E-state index in [9.17, 15) is 0 Å². The third-order valence-electron chi connectivity index (χ3n) is 1.92. The molecule has 0 bridgehead atoms. The van der Waals surface area contributed by atoms with E-state index >= 15 is 0 Å². The molecule has 1 rings (SSSR count). The van der Waals surface area contributed by atoms with Gasteiger partial charge in [0.25, 0.3) is 0 Å². The molecule has 0 aromatic heterocycles. The minimum atomic E-state index is 0.301. The third kappa shape index (κ3) is 1.71. The highest BCUT2D eigenvalue weighted by molar-refractivity contribution is 4.94. The summed E-state index contributed by atoms with van der Waals surface area (Å²) in [5.41, 5.74) is 8.60. The maximum absolute atomic E-state index is 5.83. The maximum Gasteiger partial charge on any atom is 0.0132 e. The van der Waals surface area contributed by atoms with Gasteiger partial charge in [0.15, 0.2) is 0 Å². The van der Waals surface area contributed by atoms with E-state index in [0.717, 1.165) is 19.5 Å². The molecule has 0 aromatic rings. The number of nitrogens with one attached hydrogen (secondary N) is 1. The Balaban J connectivity index is 2.47. The van der Waals surface area contributed by atoms with Crippen molar-refractivity contribution in [3.8, 4) is 0 Å². The molecule has 2 nitrogen and oxygen atoms in total. The van der Waals surface area contributed by atoms with E-state index < -0.39 is 0 Å². The van der Waals surface area contributed by atoms with Crippen molar-refractivity contribution in [3.05, 3.63) is 18.4 Å². The molecule has 1 aliphatic heterocycles. The quantitative estimate of drug-likeness (QED) is 0.510. The molecule has 0 amide bonds. The van der Waals surface area contributed by atoms with Crippen molar-refractivity contribution in [2.24, 2.45) is 11.7 Å². The van der Waals surface area contributed by atoms with Crippen molar-refractivity contribution in [1.29, 1.82) is 0 Å². The van der Waals surface area contributed by atoms with Gasteiger partial charge in [-0.3, -0.25) is 0 Å². The Hall–Kier alpha value is -0.560. The molecular weight excluding hydrogens is 124 g/mol. The zero-order valence-corrected chi connectivity index (χ0v) is 6.14. The zero-order chi connectivity index (χ0) is 7.40. The van der Waals surface area contributed by atoms with E-state index in [2.05, 4.69) is 17.6 Å². The van der Waals surface area contributed by atoms with E-state index in [-0.39, 0.29) is 0 Å². The monoisotopic (exact) mass is 138 g/mol. The van der Waals surface area contributed by atoms with Crippen molar-refractivity contribution in [1.82, 2.24) is 5.32 Å². The number of nitrogens with two attached hydrogens (primary N) is 1. The van der Waals surface area contributed by atoms with Crippen LogP contribution in [0.25, 0.3) is 0 Å². The Morgan fingerprint density at radius 2 is 2.50 bits per heavy atom. The molecule has 1 aliphatic rings. The Labute approximate surface area is 61.8 Å². The fourth-order valence-corrected chi connectivity index (χ4v) is 1.24. The van der Waals surface area contributed by atoms with E-state index in [1.807, 2.05) is 6.08 Å². The van der Waals surface area contributed by atoms with Gasteiger partial charge in [-0.25, -0.2) is 0 Å². The summed E-state index contributed by atoms with van der Waals surface area (Å²) in [5.74, 6) is 0.436. The van der Waals surface area contributed by atoms with Gasteiger partial charge in [0.2, 0.25) is 0 Å². The van der Waals surface area contributed by atoms with Crippen molar-refractivity contribution >= 4 is 0 Å². The number of hydrogen-bond acceptors (Lipinski definition) is 2. The lowest BCUT2D eigenvalue weighted by molar-refractivity contribution is 0.380. The van der Waals surface area contributed by atoms with Crippen LogP contribution >= 0.6 is 0 Å². The molecule has 0 saturated carbocycles. The van der Waals surface area contributed by atoms with Gasteiger partial charge in [-0.05, 0) is 19.0 Å². The van der Waals surface area contributed by atoms with Crippen LogP contribution in [0.5, 0.6) is 0 Å².